The van der Waals surface area contributed by atoms with Gasteiger partial charge in [-0.3, -0.25) is 0 Å². The van der Waals surface area contributed by atoms with Crippen molar-refractivity contribution < 1.29 is 27.8 Å². The SMILES string of the molecule is O=C(OCc1ccccc1)N1CCC[C@@](O)(C(F)(F)F)CC1. The number of hydrogen-bond acceptors (Lipinski definition) is 3. The summed E-state index contributed by atoms with van der Waals surface area (Å²) in [7, 11) is 0. The van der Waals surface area contributed by atoms with Gasteiger partial charge in [0, 0.05) is 19.5 Å². The maximum atomic E-state index is 12.8. The highest BCUT2D eigenvalue weighted by atomic mass is 19.4. The highest BCUT2D eigenvalue weighted by Crippen LogP contribution is 2.38. The second kappa shape index (κ2) is 6.56. The summed E-state index contributed by atoms with van der Waals surface area (Å²) >= 11 is 0. The molecule has 0 bridgehead atoms. The second-order valence-corrected chi connectivity index (χ2v) is 5.41. The molecule has 2 rings (SSSR count). The largest absolute Gasteiger partial charge is 0.445 e. The molecule has 1 heterocycles. The van der Waals surface area contributed by atoms with Crippen molar-refractivity contribution in [2.24, 2.45) is 0 Å². The van der Waals surface area contributed by atoms with Gasteiger partial charge in [0.1, 0.15) is 6.61 Å². The topological polar surface area (TPSA) is 49.8 Å². The van der Waals surface area contributed by atoms with Crippen LogP contribution in [0.2, 0.25) is 0 Å². The lowest BCUT2D eigenvalue weighted by Gasteiger charge is -2.29. The number of aliphatic hydroxyl groups is 1. The van der Waals surface area contributed by atoms with Gasteiger partial charge in [-0.05, 0) is 18.4 Å². The quantitative estimate of drug-likeness (QED) is 0.912. The number of alkyl halides is 3. The minimum absolute atomic E-state index is 0.0692. The van der Waals surface area contributed by atoms with Crippen LogP contribution in [-0.4, -0.2) is 41.0 Å². The zero-order valence-corrected chi connectivity index (χ0v) is 12.0. The predicted octanol–water partition coefficient (Wildman–Crippen LogP) is 3.10. The Bertz CT molecular complexity index is 507. The van der Waals surface area contributed by atoms with Crippen LogP contribution in [0, 0.1) is 0 Å². The zero-order chi connectivity index (χ0) is 16.2. The summed E-state index contributed by atoms with van der Waals surface area (Å²) in [6.45, 7) is 0.0371. The lowest BCUT2D eigenvalue weighted by Crippen LogP contribution is -2.46. The van der Waals surface area contributed by atoms with Crippen molar-refractivity contribution in [2.75, 3.05) is 13.1 Å². The Kier molecular flexibility index (Phi) is 4.95. The fourth-order valence-corrected chi connectivity index (χ4v) is 2.40. The molecule has 1 aliphatic rings. The Morgan fingerprint density at radius 1 is 1.23 bits per heavy atom. The lowest BCUT2D eigenvalue weighted by molar-refractivity contribution is -0.263. The minimum atomic E-state index is -4.68. The first-order valence-corrected chi connectivity index (χ1v) is 7.06. The van der Waals surface area contributed by atoms with Gasteiger partial charge in [0.05, 0.1) is 0 Å². The molecule has 1 amide bonds. The molecular formula is C15H18F3NO3. The van der Waals surface area contributed by atoms with Gasteiger partial charge in [-0.1, -0.05) is 30.3 Å². The number of ether oxygens (including phenoxy) is 1. The van der Waals surface area contributed by atoms with E-state index < -0.39 is 30.7 Å². The maximum absolute atomic E-state index is 12.8. The lowest BCUT2D eigenvalue weighted by atomic mass is 9.94. The van der Waals surface area contributed by atoms with Crippen molar-refractivity contribution in [1.29, 1.82) is 0 Å². The van der Waals surface area contributed by atoms with Gasteiger partial charge in [0.25, 0.3) is 0 Å². The Balaban J connectivity index is 1.89. The van der Waals surface area contributed by atoms with Crippen LogP contribution >= 0.6 is 0 Å². The van der Waals surface area contributed by atoms with E-state index in [2.05, 4.69) is 0 Å². The van der Waals surface area contributed by atoms with Crippen LogP contribution < -0.4 is 0 Å². The van der Waals surface area contributed by atoms with Crippen LogP contribution in [-0.2, 0) is 11.3 Å². The van der Waals surface area contributed by atoms with Crippen LogP contribution in [0.15, 0.2) is 30.3 Å². The summed E-state index contributed by atoms with van der Waals surface area (Å²) in [5.41, 5.74) is -1.92. The monoisotopic (exact) mass is 317 g/mol. The molecule has 1 aliphatic heterocycles. The van der Waals surface area contributed by atoms with E-state index in [1.165, 1.54) is 4.90 Å². The van der Waals surface area contributed by atoms with Gasteiger partial charge >= 0.3 is 12.3 Å². The first-order chi connectivity index (χ1) is 10.3. The Morgan fingerprint density at radius 3 is 2.55 bits per heavy atom. The van der Waals surface area contributed by atoms with Gasteiger partial charge in [0.15, 0.2) is 5.60 Å². The van der Waals surface area contributed by atoms with E-state index in [-0.39, 0.29) is 26.1 Å². The van der Waals surface area contributed by atoms with Gasteiger partial charge < -0.3 is 14.7 Å². The van der Waals surface area contributed by atoms with Crippen molar-refractivity contribution >= 4 is 6.09 Å². The van der Waals surface area contributed by atoms with Gasteiger partial charge in [-0.15, -0.1) is 0 Å². The van der Waals surface area contributed by atoms with Crippen LogP contribution in [0.1, 0.15) is 24.8 Å². The molecule has 4 nitrogen and oxygen atoms in total. The smallest absolute Gasteiger partial charge is 0.417 e. The van der Waals surface area contributed by atoms with E-state index >= 15 is 0 Å². The number of carbonyl (C=O) groups is 1. The summed E-state index contributed by atoms with van der Waals surface area (Å²) in [6.07, 6.45) is -6.20. The van der Waals surface area contributed by atoms with Crippen molar-refractivity contribution in [3.8, 4) is 0 Å². The molecule has 1 N–H and O–H groups in total. The van der Waals surface area contributed by atoms with E-state index in [4.69, 9.17) is 4.74 Å². The molecule has 0 unspecified atom stereocenters. The average molecular weight is 317 g/mol. The van der Waals surface area contributed by atoms with Crippen LogP contribution in [0.3, 0.4) is 0 Å². The van der Waals surface area contributed by atoms with Crippen molar-refractivity contribution in [1.82, 2.24) is 4.90 Å². The third-order valence-corrected chi connectivity index (χ3v) is 3.80. The number of rotatable bonds is 2. The molecule has 0 spiro atoms. The Labute approximate surface area is 126 Å². The molecule has 0 radical (unpaired) electrons. The maximum Gasteiger partial charge on any atom is 0.417 e. The van der Waals surface area contributed by atoms with E-state index in [9.17, 15) is 23.1 Å². The first-order valence-electron chi connectivity index (χ1n) is 7.06. The number of hydrogen-bond donors (Lipinski definition) is 1. The number of halogens is 3. The average Bonchev–Trinajstić information content (AvgIpc) is 2.68. The van der Waals surface area contributed by atoms with Crippen LogP contribution in [0.5, 0.6) is 0 Å². The minimum Gasteiger partial charge on any atom is -0.445 e. The highest BCUT2D eigenvalue weighted by molar-refractivity contribution is 5.67. The summed E-state index contributed by atoms with van der Waals surface area (Å²) in [4.78, 5) is 13.1. The molecule has 1 atom stereocenters. The standard InChI is InChI=1S/C15H18F3NO3/c16-15(17,18)14(21)7-4-9-19(10-8-14)13(20)22-11-12-5-2-1-3-6-12/h1-3,5-6,21H,4,7-11H2/t14-/m0/s1. The molecule has 22 heavy (non-hydrogen) atoms. The van der Waals surface area contributed by atoms with E-state index in [1.54, 1.807) is 24.3 Å². The number of carbonyl (C=O) groups excluding carboxylic acids is 1. The second-order valence-electron chi connectivity index (χ2n) is 5.41. The summed E-state index contributed by atoms with van der Waals surface area (Å²) in [5.74, 6) is 0. The van der Waals surface area contributed by atoms with Crippen molar-refractivity contribution in [3.63, 3.8) is 0 Å². The Morgan fingerprint density at radius 2 is 1.91 bits per heavy atom. The molecule has 0 aromatic heterocycles. The van der Waals surface area contributed by atoms with E-state index in [1.807, 2.05) is 6.07 Å². The molecule has 0 saturated carbocycles. The molecule has 1 aromatic rings. The first kappa shape index (κ1) is 16.6. The fraction of sp³-hybridized carbons (Fsp3) is 0.533. The third-order valence-electron chi connectivity index (χ3n) is 3.80. The summed E-state index contributed by atoms with van der Waals surface area (Å²) in [5, 5.41) is 9.69. The third kappa shape index (κ3) is 3.91. The predicted molar refractivity (Wildman–Crippen MR) is 73.1 cm³/mol. The molecule has 1 fully saturated rings. The molecule has 0 aliphatic carbocycles. The van der Waals surface area contributed by atoms with E-state index in [0.29, 0.717) is 0 Å². The fourth-order valence-electron chi connectivity index (χ4n) is 2.40. The summed E-state index contributed by atoms with van der Waals surface area (Å²) < 4.78 is 43.6. The zero-order valence-electron chi connectivity index (χ0n) is 12.0. The van der Waals surface area contributed by atoms with Gasteiger partial charge in [-0.2, -0.15) is 13.2 Å². The van der Waals surface area contributed by atoms with Gasteiger partial charge in [0.2, 0.25) is 0 Å². The normalized spacial score (nSPS) is 23.0. The number of benzene rings is 1. The highest BCUT2D eigenvalue weighted by Gasteiger charge is 2.53. The molecule has 1 saturated heterocycles. The number of nitrogens with zero attached hydrogens (tertiary/aromatic N) is 1. The van der Waals surface area contributed by atoms with E-state index in [0.717, 1.165) is 5.56 Å². The molecule has 1 aromatic carbocycles. The summed E-state index contributed by atoms with van der Waals surface area (Å²) in [6, 6.07) is 9.02. The Hall–Kier alpha value is -1.76. The number of amides is 1. The number of likely N-dealkylation sites (tertiary alicyclic amines) is 1. The molecule has 7 heteroatoms. The van der Waals surface area contributed by atoms with Crippen molar-refractivity contribution in [3.05, 3.63) is 35.9 Å². The molecular weight excluding hydrogens is 299 g/mol. The van der Waals surface area contributed by atoms with Crippen LogP contribution in [0.25, 0.3) is 0 Å². The molecule has 122 valence electrons. The van der Waals surface area contributed by atoms with Crippen molar-refractivity contribution in [2.45, 2.75) is 37.6 Å². The van der Waals surface area contributed by atoms with Gasteiger partial charge in [-0.25, -0.2) is 4.79 Å². The van der Waals surface area contributed by atoms with Crippen LogP contribution in [0.4, 0.5) is 18.0 Å².